The number of hydrogen-bond acceptors (Lipinski definition) is 3. The Bertz CT molecular complexity index is 530. The number of hydrogen-bond donors (Lipinski definition) is 3. The second-order valence-electron chi connectivity index (χ2n) is 4.35. The van der Waals surface area contributed by atoms with Crippen molar-refractivity contribution in [2.45, 2.75) is 19.1 Å². The minimum Gasteiger partial charge on any atom is -0.396 e. The minimum atomic E-state index is -1.34. The maximum atomic E-state index is 8.60. The van der Waals surface area contributed by atoms with Gasteiger partial charge in [-0.25, -0.2) is 0 Å². The summed E-state index contributed by atoms with van der Waals surface area (Å²) in [5.74, 6) is 0. The molecule has 2 aromatic rings. The quantitative estimate of drug-likeness (QED) is 0.751. The fraction of sp³-hybridized carbons (Fsp3) is 0.250. The zero-order valence-electron chi connectivity index (χ0n) is 11.4. The van der Waals surface area contributed by atoms with E-state index in [1.54, 1.807) is 36.4 Å². The van der Waals surface area contributed by atoms with Gasteiger partial charge in [-0.05, 0) is 30.5 Å². The van der Waals surface area contributed by atoms with Gasteiger partial charge in [0.1, 0.15) is 0 Å². The molecular weight excluding hydrogens is 311 g/mol. The first-order valence-electron chi connectivity index (χ1n) is 6.50. The van der Waals surface area contributed by atoms with E-state index in [1.165, 1.54) is 0 Å². The third kappa shape index (κ3) is 6.93. The zero-order chi connectivity index (χ0) is 15.7. The van der Waals surface area contributed by atoms with E-state index in [0.29, 0.717) is 15.6 Å². The molecule has 5 heteroatoms. The lowest BCUT2D eigenvalue weighted by Crippen LogP contribution is -1.92. The predicted octanol–water partition coefficient (Wildman–Crippen LogP) is 3.59. The SMILES string of the molecule is OC(O)c1ccccc1.OCCCc1ccc(Cl)cc1Cl. The molecule has 0 saturated carbocycles. The maximum absolute atomic E-state index is 8.60. The summed E-state index contributed by atoms with van der Waals surface area (Å²) in [5, 5.41) is 27.1. The Morgan fingerprint density at radius 2 is 1.62 bits per heavy atom. The highest BCUT2D eigenvalue weighted by Crippen LogP contribution is 2.21. The van der Waals surface area contributed by atoms with Crippen molar-refractivity contribution in [3.05, 3.63) is 69.7 Å². The van der Waals surface area contributed by atoms with E-state index < -0.39 is 6.29 Å². The Morgan fingerprint density at radius 3 is 2.10 bits per heavy atom. The van der Waals surface area contributed by atoms with Gasteiger partial charge in [0.2, 0.25) is 0 Å². The molecule has 21 heavy (non-hydrogen) atoms. The summed E-state index contributed by atoms with van der Waals surface area (Å²) >= 11 is 11.6. The van der Waals surface area contributed by atoms with Gasteiger partial charge in [0.15, 0.2) is 6.29 Å². The van der Waals surface area contributed by atoms with Crippen LogP contribution in [0.5, 0.6) is 0 Å². The number of aliphatic hydroxyl groups excluding tert-OH is 2. The van der Waals surface area contributed by atoms with Crippen LogP contribution in [0.3, 0.4) is 0 Å². The summed E-state index contributed by atoms with van der Waals surface area (Å²) in [4.78, 5) is 0. The van der Waals surface area contributed by atoms with Crippen molar-refractivity contribution in [3.63, 3.8) is 0 Å². The van der Waals surface area contributed by atoms with Gasteiger partial charge >= 0.3 is 0 Å². The highest BCUT2D eigenvalue weighted by molar-refractivity contribution is 6.35. The standard InChI is InChI=1S/C9H10Cl2O.C7H8O2/c10-8-4-3-7(2-1-5-12)9(11)6-8;8-7(9)6-4-2-1-3-5-6/h3-4,6,12H,1-2,5H2;1-5,7-9H. The van der Waals surface area contributed by atoms with Gasteiger partial charge in [-0.1, -0.05) is 59.6 Å². The monoisotopic (exact) mass is 328 g/mol. The summed E-state index contributed by atoms with van der Waals surface area (Å²) in [6.45, 7) is 0.193. The molecule has 0 atom stereocenters. The Kier molecular flexibility index (Phi) is 8.35. The van der Waals surface area contributed by atoms with Crippen LogP contribution in [0.1, 0.15) is 23.8 Å². The van der Waals surface area contributed by atoms with Crippen LogP contribution in [0.2, 0.25) is 10.0 Å². The summed E-state index contributed by atoms with van der Waals surface area (Å²) in [6.07, 6.45) is 0.194. The van der Waals surface area contributed by atoms with Crippen molar-refractivity contribution in [2.75, 3.05) is 6.61 Å². The molecule has 0 aromatic heterocycles. The molecule has 0 amide bonds. The molecule has 0 aliphatic carbocycles. The van der Waals surface area contributed by atoms with Gasteiger partial charge in [0.25, 0.3) is 0 Å². The molecule has 0 spiro atoms. The van der Waals surface area contributed by atoms with Crippen molar-refractivity contribution in [1.29, 1.82) is 0 Å². The maximum Gasteiger partial charge on any atom is 0.178 e. The average Bonchev–Trinajstić information content (AvgIpc) is 2.48. The highest BCUT2D eigenvalue weighted by Gasteiger charge is 2.00. The Balaban J connectivity index is 0.000000219. The van der Waals surface area contributed by atoms with Gasteiger partial charge in [-0.15, -0.1) is 0 Å². The van der Waals surface area contributed by atoms with E-state index in [4.69, 9.17) is 38.5 Å². The third-order valence-corrected chi connectivity index (χ3v) is 3.30. The molecule has 3 N–H and O–H groups in total. The van der Waals surface area contributed by atoms with E-state index >= 15 is 0 Å². The van der Waals surface area contributed by atoms with Gasteiger partial charge in [-0.2, -0.15) is 0 Å². The smallest absolute Gasteiger partial charge is 0.178 e. The van der Waals surface area contributed by atoms with Crippen LogP contribution in [0.15, 0.2) is 48.5 Å². The van der Waals surface area contributed by atoms with Crippen LogP contribution in [-0.2, 0) is 6.42 Å². The lowest BCUT2D eigenvalue weighted by atomic mass is 10.1. The van der Waals surface area contributed by atoms with E-state index in [0.717, 1.165) is 18.4 Å². The number of rotatable bonds is 4. The molecule has 0 bridgehead atoms. The summed E-state index contributed by atoms with van der Waals surface area (Å²) < 4.78 is 0. The fourth-order valence-corrected chi connectivity index (χ4v) is 2.12. The van der Waals surface area contributed by atoms with E-state index in [1.807, 2.05) is 12.1 Å². The molecule has 2 rings (SSSR count). The molecule has 0 radical (unpaired) electrons. The summed E-state index contributed by atoms with van der Waals surface area (Å²) in [5.41, 5.74) is 1.56. The van der Waals surface area contributed by atoms with Crippen molar-refractivity contribution in [3.8, 4) is 0 Å². The topological polar surface area (TPSA) is 60.7 Å². The number of benzene rings is 2. The molecule has 3 nitrogen and oxygen atoms in total. The van der Waals surface area contributed by atoms with E-state index in [9.17, 15) is 0 Å². The van der Waals surface area contributed by atoms with Gasteiger partial charge in [0, 0.05) is 22.2 Å². The average molecular weight is 329 g/mol. The van der Waals surface area contributed by atoms with Crippen LogP contribution in [0, 0.1) is 0 Å². The molecule has 114 valence electrons. The van der Waals surface area contributed by atoms with Gasteiger partial charge in [-0.3, -0.25) is 0 Å². The summed E-state index contributed by atoms with van der Waals surface area (Å²) in [6, 6.07) is 14.1. The van der Waals surface area contributed by atoms with Crippen molar-refractivity contribution >= 4 is 23.2 Å². The molecule has 0 aliphatic heterocycles. The van der Waals surface area contributed by atoms with Crippen molar-refractivity contribution < 1.29 is 15.3 Å². The number of aliphatic hydroxyl groups is 3. The lowest BCUT2D eigenvalue weighted by Gasteiger charge is -2.02. The van der Waals surface area contributed by atoms with Gasteiger partial charge in [0.05, 0.1) is 0 Å². The molecule has 0 heterocycles. The first kappa shape index (κ1) is 18.0. The first-order chi connectivity index (χ1) is 10.0. The second kappa shape index (κ2) is 9.77. The Morgan fingerprint density at radius 1 is 0.952 bits per heavy atom. The lowest BCUT2D eigenvalue weighted by molar-refractivity contribution is -0.0424. The van der Waals surface area contributed by atoms with Crippen molar-refractivity contribution in [1.82, 2.24) is 0 Å². The summed E-state index contributed by atoms with van der Waals surface area (Å²) in [7, 11) is 0. The van der Waals surface area contributed by atoms with Crippen molar-refractivity contribution in [2.24, 2.45) is 0 Å². The molecule has 2 aromatic carbocycles. The first-order valence-corrected chi connectivity index (χ1v) is 7.26. The fourth-order valence-electron chi connectivity index (χ4n) is 1.62. The predicted molar refractivity (Wildman–Crippen MR) is 85.5 cm³/mol. The largest absolute Gasteiger partial charge is 0.396 e. The molecular formula is C16H18Cl2O3. The molecule has 0 unspecified atom stereocenters. The normalized spacial score (nSPS) is 10.2. The highest BCUT2D eigenvalue weighted by atomic mass is 35.5. The van der Waals surface area contributed by atoms with Crippen LogP contribution >= 0.6 is 23.2 Å². The number of aryl methyl sites for hydroxylation is 1. The van der Waals surface area contributed by atoms with E-state index in [2.05, 4.69) is 0 Å². The molecule has 0 saturated heterocycles. The van der Waals surface area contributed by atoms with Crippen LogP contribution in [-0.4, -0.2) is 21.9 Å². The number of halogens is 2. The minimum absolute atomic E-state index is 0.193. The molecule has 0 fully saturated rings. The Hall–Kier alpha value is -1.10. The van der Waals surface area contributed by atoms with Gasteiger partial charge < -0.3 is 15.3 Å². The molecule has 0 aliphatic rings. The Labute approximate surface area is 134 Å². The third-order valence-electron chi connectivity index (χ3n) is 2.72. The van der Waals surface area contributed by atoms with Crippen LogP contribution in [0.25, 0.3) is 0 Å². The van der Waals surface area contributed by atoms with Crippen LogP contribution < -0.4 is 0 Å². The van der Waals surface area contributed by atoms with E-state index in [-0.39, 0.29) is 6.61 Å². The second-order valence-corrected chi connectivity index (χ2v) is 5.19. The van der Waals surface area contributed by atoms with Crippen LogP contribution in [0.4, 0.5) is 0 Å². The zero-order valence-corrected chi connectivity index (χ0v) is 12.9.